The lowest BCUT2D eigenvalue weighted by atomic mass is 10.1. The number of nitrogens with one attached hydrogen (secondary N) is 1. The van der Waals surface area contributed by atoms with Crippen LogP contribution in [0.3, 0.4) is 0 Å². The van der Waals surface area contributed by atoms with Gasteiger partial charge in [0.2, 0.25) is 0 Å². The molecular formula is C20H18N2O5. The molecule has 1 amide bonds. The molecule has 1 heterocycles. The SMILES string of the molecule is COc1cccc(C(=O)NCC(=O)OCc2cc(-c3ccccc3)no2)c1. The van der Waals surface area contributed by atoms with Crippen LogP contribution < -0.4 is 10.1 Å². The maximum absolute atomic E-state index is 12.0. The number of hydrogen-bond acceptors (Lipinski definition) is 6. The van der Waals surface area contributed by atoms with Gasteiger partial charge in [-0.3, -0.25) is 9.59 Å². The summed E-state index contributed by atoms with van der Waals surface area (Å²) in [6.07, 6.45) is 0. The molecular weight excluding hydrogens is 348 g/mol. The van der Waals surface area contributed by atoms with Crippen molar-refractivity contribution in [3.63, 3.8) is 0 Å². The molecule has 2 aromatic carbocycles. The standard InChI is InChI=1S/C20H18N2O5/c1-25-16-9-5-8-15(10-16)20(24)21-12-19(23)26-13-17-11-18(22-27-17)14-6-3-2-4-7-14/h2-11H,12-13H2,1H3,(H,21,24). The number of benzene rings is 2. The number of carbonyl (C=O) groups excluding carboxylic acids is 2. The topological polar surface area (TPSA) is 90.7 Å². The Morgan fingerprint density at radius 1 is 1.07 bits per heavy atom. The Bertz CT molecular complexity index is 921. The Morgan fingerprint density at radius 2 is 1.89 bits per heavy atom. The molecule has 0 atom stereocenters. The van der Waals surface area contributed by atoms with Crippen molar-refractivity contribution in [2.45, 2.75) is 6.61 Å². The van der Waals surface area contributed by atoms with Crippen molar-refractivity contribution in [1.29, 1.82) is 0 Å². The maximum Gasteiger partial charge on any atom is 0.325 e. The summed E-state index contributed by atoms with van der Waals surface area (Å²) in [5.74, 6) is 0.00637. The lowest BCUT2D eigenvalue weighted by Crippen LogP contribution is -2.30. The minimum absolute atomic E-state index is 0.0618. The van der Waals surface area contributed by atoms with Crippen LogP contribution in [0.4, 0.5) is 0 Å². The molecule has 0 radical (unpaired) electrons. The van der Waals surface area contributed by atoms with Gasteiger partial charge < -0.3 is 19.3 Å². The number of ether oxygens (including phenoxy) is 2. The molecule has 1 aromatic heterocycles. The molecule has 0 saturated heterocycles. The van der Waals surface area contributed by atoms with Crippen LogP contribution in [0.15, 0.2) is 65.2 Å². The maximum atomic E-state index is 12.0. The first kappa shape index (κ1) is 18.2. The molecule has 3 aromatic rings. The van der Waals surface area contributed by atoms with E-state index in [1.54, 1.807) is 30.3 Å². The third-order valence-corrected chi connectivity index (χ3v) is 3.73. The fourth-order valence-corrected chi connectivity index (χ4v) is 2.35. The van der Waals surface area contributed by atoms with Gasteiger partial charge in [-0.25, -0.2) is 0 Å². The van der Waals surface area contributed by atoms with E-state index in [1.165, 1.54) is 7.11 Å². The molecule has 7 heteroatoms. The summed E-state index contributed by atoms with van der Waals surface area (Å²) >= 11 is 0. The van der Waals surface area contributed by atoms with Crippen molar-refractivity contribution >= 4 is 11.9 Å². The Labute approximate surface area is 155 Å². The molecule has 0 saturated carbocycles. The van der Waals surface area contributed by atoms with Gasteiger partial charge in [0, 0.05) is 17.2 Å². The Kier molecular flexibility index (Phi) is 5.84. The number of hydrogen-bond donors (Lipinski definition) is 1. The van der Waals surface area contributed by atoms with E-state index in [0.29, 0.717) is 22.8 Å². The Hall–Kier alpha value is -3.61. The first-order valence-electron chi connectivity index (χ1n) is 8.24. The summed E-state index contributed by atoms with van der Waals surface area (Å²) in [5, 5.41) is 6.45. The second kappa shape index (κ2) is 8.66. The number of amides is 1. The molecule has 0 aliphatic rings. The number of methoxy groups -OCH3 is 1. The van der Waals surface area contributed by atoms with Crippen molar-refractivity contribution < 1.29 is 23.6 Å². The van der Waals surface area contributed by atoms with Crippen LogP contribution in [-0.2, 0) is 16.1 Å². The minimum atomic E-state index is -0.580. The highest BCUT2D eigenvalue weighted by atomic mass is 16.5. The van der Waals surface area contributed by atoms with Gasteiger partial charge in [-0.2, -0.15) is 0 Å². The zero-order valence-corrected chi connectivity index (χ0v) is 14.7. The van der Waals surface area contributed by atoms with E-state index in [9.17, 15) is 9.59 Å². The summed E-state index contributed by atoms with van der Waals surface area (Å²) in [4.78, 5) is 23.9. The van der Waals surface area contributed by atoms with Crippen LogP contribution in [-0.4, -0.2) is 30.7 Å². The first-order chi connectivity index (χ1) is 13.2. The fraction of sp³-hybridized carbons (Fsp3) is 0.150. The van der Waals surface area contributed by atoms with Gasteiger partial charge in [-0.1, -0.05) is 41.6 Å². The van der Waals surface area contributed by atoms with Crippen LogP contribution in [0, 0.1) is 0 Å². The normalized spacial score (nSPS) is 10.3. The third-order valence-electron chi connectivity index (χ3n) is 3.73. The van der Waals surface area contributed by atoms with Crippen LogP contribution >= 0.6 is 0 Å². The molecule has 0 aliphatic heterocycles. The van der Waals surface area contributed by atoms with Gasteiger partial charge >= 0.3 is 5.97 Å². The first-order valence-corrected chi connectivity index (χ1v) is 8.24. The number of esters is 1. The second-order valence-electron chi connectivity index (χ2n) is 5.62. The monoisotopic (exact) mass is 366 g/mol. The molecule has 1 N–H and O–H groups in total. The van der Waals surface area contributed by atoms with E-state index < -0.39 is 11.9 Å². The zero-order valence-electron chi connectivity index (χ0n) is 14.7. The minimum Gasteiger partial charge on any atom is -0.497 e. The molecule has 7 nitrogen and oxygen atoms in total. The fourth-order valence-electron chi connectivity index (χ4n) is 2.35. The summed E-state index contributed by atoms with van der Waals surface area (Å²) in [6, 6.07) is 17.9. The van der Waals surface area contributed by atoms with Gasteiger partial charge in [0.15, 0.2) is 12.4 Å². The van der Waals surface area contributed by atoms with Crippen molar-refractivity contribution in [3.05, 3.63) is 72.0 Å². The van der Waals surface area contributed by atoms with Crippen molar-refractivity contribution in [1.82, 2.24) is 10.5 Å². The molecule has 138 valence electrons. The van der Waals surface area contributed by atoms with E-state index in [1.807, 2.05) is 30.3 Å². The largest absolute Gasteiger partial charge is 0.497 e. The molecule has 27 heavy (non-hydrogen) atoms. The second-order valence-corrected chi connectivity index (χ2v) is 5.62. The molecule has 0 spiro atoms. The van der Waals surface area contributed by atoms with Crippen molar-refractivity contribution in [2.75, 3.05) is 13.7 Å². The third kappa shape index (κ3) is 4.94. The van der Waals surface area contributed by atoms with E-state index in [-0.39, 0.29) is 13.2 Å². The van der Waals surface area contributed by atoms with Gasteiger partial charge in [0.05, 0.1) is 7.11 Å². The Balaban J connectivity index is 1.47. The van der Waals surface area contributed by atoms with E-state index in [0.717, 1.165) is 5.56 Å². The van der Waals surface area contributed by atoms with Gasteiger partial charge in [0.1, 0.15) is 18.0 Å². The zero-order chi connectivity index (χ0) is 19.1. The van der Waals surface area contributed by atoms with Gasteiger partial charge in [0.25, 0.3) is 5.91 Å². The van der Waals surface area contributed by atoms with E-state index >= 15 is 0 Å². The number of rotatable bonds is 7. The number of carbonyl (C=O) groups is 2. The van der Waals surface area contributed by atoms with Crippen LogP contribution in [0.25, 0.3) is 11.3 Å². The Morgan fingerprint density at radius 3 is 2.67 bits per heavy atom. The van der Waals surface area contributed by atoms with Crippen molar-refractivity contribution in [3.8, 4) is 17.0 Å². The predicted molar refractivity (Wildman–Crippen MR) is 97.1 cm³/mol. The van der Waals surface area contributed by atoms with E-state index in [4.69, 9.17) is 14.0 Å². The smallest absolute Gasteiger partial charge is 0.325 e. The highest BCUT2D eigenvalue weighted by Crippen LogP contribution is 2.18. The molecule has 0 aliphatic carbocycles. The number of aromatic nitrogens is 1. The number of nitrogens with zero attached hydrogens (tertiary/aromatic N) is 1. The quantitative estimate of drug-likeness (QED) is 0.647. The highest BCUT2D eigenvalue weighted by molar-refractivity contribution is 5.96. The summed E-state index contributed by atoms with van der Waals surface area (Å²) in [7, 11) is 1.51. The lowest BCUT2D eigenvalue weighted by molar-refractivity contribution is -0.144. The highest BCUT2D eigenvalue weighted by Gasteiger charge is 2.12. The summed E-state index contributed by atoms with van der Waals surface area (Å²) in [5.41, 5.74) is 1.96. The van der Waals surface area contributed by atoms with Crippen LogP contribution in [0.1, 0.15) is 16.1 Å². The average molecular weight is 366 g/mol. The molecule has 0 unspecified atom stereocenters. The predicted octanol–water partition coefficient (Wildman–Crippen LogP) is 2.82. The molecule has 3 rings (SSSR count). The molecule has 0 fully saturated rings. The van der Waals surface area contributed by atoms with Crippen LogP contribution in [0.5, 0.6) is 5.75 Å². The molecule has 0 bridgehead atoms. The summed E-state index contributed by atoms with van der Waals surface area (Å²) in [6.45, 7) is -0.316. The lowest BCUT2D eigenvalue weighted by Gasteiger charge is -2.06. The van der Waals surface area contributed by atoms with Crippen LogP contribution in [0.2, 0.25) is 0 Å². The average Bonchev–Trinajstić information content (AvgIpc) is 3.20. The van der Waals surface area contributed by atoms with Gasteiger partial charge in [-0.05, 0) is 18.2 Å². The van der Waals surface area contributed by atoms with Gasteiger partial charge in [-0.15, -0.1) is 0 Å². The summed E-state index contributed by atoms with van der Waals surface area (Å²) < 4.78 is 15.3. The van der Waals surface area contributed by atoms with Crippen molar-refractivity contribution in [2.24, 2.45) is 0 Å². The van der Waals surface area contributed by atoms with E-state index in [2.05, 4.69) is 10.5 Å².